The predicted octanol–water partition coefficient (Wildman–Crippen LogP) is 4.48. The molecule has 0 spiro atoms. The summed E-state index contributed by atoms with van der Waals surface area (Å²) in [5, 5.41) is 64.2. The molecule has 4 fully saturated rings. The first-order valence-corrected chi connectivity index (χ1v) is 26.4. The Bertz CT molecular complexity index is 2110. The van der Waals surface area contributed by atoms with E-state index in [0.717, 1.165) is 55.5 Å². The molecule has 4 aliphatic rings. The standard InChI is InChI=1S/C53H85N5O15/c1-12-40-53(9,65)46(62)31(3)43(60)37-25-52(8,68-29-37)48(32(4)45(33(5)49(64)71-40)72-42-26-51(7,67-11)47(63)34(6)70-42)73-50-44(61)39(24-30(2)69-50)57(10)27-35-19-21-36(22-20-35)38-28-58(56-54-38)23-17-15-13-14-16-18-41(59)55-66/h19-22,28,30-34,37,39-40,42,44-48,50,61-63,65-66H,12-18,23-27,29H2,1-11H3,(H,55,59)/t30-,31+,32+,33-,34+,37+,39+,40-,42+,44-,45+,46-,47+,48-,50+,51-,52-,53-/m1/s1. The maximum Gasteiger partial charge on any atom is 0.311 e. The Labute approximate surface area is 430 Å². The van der Waals surface area contributed by atoms with E-state index in [2.05, 4.69) is 15.2 Å². The molecule has 4 aliphatic heterocycles. The average Bonchev–Trinajstić information content (AvgIpc) is 4.02. The van der Waals surface area contributed by atoms with Gasteiger partial charge in [0.1, 0.15) is 35.4 Å². The highest BCUT2D eigenvalue weighted by atomic mass is 16.7. The number of fused-ring (bicyclic) bond motifs is 2. The minimum Gasteiger partial charge on any atom is -0.459 e. The van der Waals surface area contributed by atoms with Gasteiger partial charge >= 0.3 is 5.97 Å². The number of nitrogens with zero attached hydrogens (tertiary/aromatic N) is 4. The zero-order valence-electron chi connectivity index (χ0n) is 44.8. The summed E-state index contributed by atoms with van der Waals surface area (Å²) in [6.45, 7) is 16.6. The van der Waals surface area contributed by atoms with Crippen LogP contribution in [-0.2, 0) is 60.6 Å². The van der Waals surface area contributed by atoms with Gasteiger partial charge in [0.2, 0.25) is 5.91 Å². The third-order valence-corrected chi connectivity index (χ3v) is 16.3. The molecule has 0 saturated carbocycles. The van der Waals surface area contributed by atoms with Crippen LogP contribution in [0.5, 0.6) is 0 Å². The van der Waals surface area contributed by atoms with Gasteiger partial charge in [0.05, 0.1) is 60.4 Å². The minimum absolute atomic E-state index is 0.00693. The van der Waals surface area contributed by atoms with Crippen LogP contribution in [0.2, 0.25) is 0 Å². The van der Waals surface area contributed by atoms with E-state index in [4.69, 9.17) is 38.4 Å². The Kier molecular flexibility index (Phi) is 20.2. The number of esters is 1. The Hall–Kier alpha value is -3.51. The number of nitrogens with one attached hydrogen (secondary N) is 1. The van der Waals surface area contributed by atoms with E-state index >= 15 is 0 Å². The third kappa shape index (κ3) is 13.7. The summed E-state index contributed by atoms with van der Waals surface area (Å²) in [5.74, 6) is -4.95. The first-order valence-electron chi connectivity index (χ1n) is 26.4. The number of Topliss-reactive ketones (excluding diaryl/α,β-unsaturated/α-hetero) is 1. The lowest BCUT2D eigenvalue weighted by Gasteiger charge is -2.49. The number of ketones is 1. The summed E-state index contributed by atoms with van der Waals surface area (Å²) in [6.07, 6.45) is -2.52. The number of ether oxygens (including phenoxy) is 7. The zero-order chi connectivity index (χ0) is 53.6. The van der Waals surface area contributed by atoms with Gasteiger partial charge in [-0.05, 0) is 86.3 Å². The van der Waals surface area contributed by atoms with E-state index < -0.39 is 108 Å². The molecule has 2 aromatic rings. The molecule has 2 bridgehead atoms. The molecule has 412 valence electrons. The van der Waals surface area contributed by atoms with Crippen LogP contribution >= 0.6 is 0 Å². The molecule has 1 amide bonds. The summed E-state index contributed by atoms with van der Waals surface area (Å²) in [5.41, 5.74) is 0.0547. The van der Waals surface area contributed by atoms with Gasteiger partial charge in [0, 0.05) is 62.4 Å². The first kappa shape index (κ1) is 58.7. The highest BCUT2D eigenvalue weighted by molar-refractivity contribution is 5.84. The Balaban J connectivity index is 1.22. The van der Waals surface area contributed by atoms with Crippen molar-refractivity contribution >= 4 is 17.7 Å². The molecule has 1 aromatic heterocycles. The number of amides is 1. The first-order chi connectivity index (χ1) is 34.5. The topological polar surface area (TPSA) is 263 Å². The minimum atomic E-state index is -1.99. The number of hydroxylamine groups is 1. The molecule has 73 heavy (non-hydrogen) atoms. The van der Waals surface area contributed by atoms with E-state index in [1.54, 1.807) is 40.1 Å². The van der Waals surface area contributed by atoms with Crippen molar-refractivity contribution in [3.63, 3.8) is 0 Å². The van der Waals surface area contributed by atoms with Gasteiger partial charge in [-0.2, -0.15) is 0 Å². The van der Waals surface area contributed by atoms with Crippen LogP contribution in [0.4, 0.5) is 0 Å². The number of methoxy groups -OCH3 is 1. The van der Waals surface area contributed by atoms with Crippen LogP contribution in [0.15, 0.2) is 30.5 Å². The molecule has 6 rings (SSSR count). The summed E-state index contributed by atoms with van der Waals surface area (Å²) in [6, 6.07) is 7.64. The van der Waals surface area contributed by atoms with E-state index in [9.17, 15) is 34.8 Å². The maximum atomic E-state index is 14.4. The number of rotatable bonds is 18. The van der Waals surface area contributed by atoms with Crippen molar-refractivity contribution in [1.82, 2.24) is 25.4 Å². The van der Waals surface area contributed by atoms with Crippen molar-refractivity contribution in [2.24, 2.45) is 23.7 Å². The van der Waals surface area contributed by atoms with Crippen LogP contribution < -0.4 is 5.48 Å². The normalized spacial score (nSPS) is 38.8. The number of hydrogen-bond acceptors (Lipinski definition) is 18. The van der Waals surface area contributed by atoms with Crippen molar-refractivity contribution in [3.8, 4) is 11.3 Å². The number of unbranched alkanes of at least 4 members (excludes halogenated alkanes) is 4. The van der Waals surface area contributed by atoms with Gasteiger partial charge in [0.15, 0.2) is 12.6 Å². The van der Waals surface area contributed by atoms with Crippen LogP contribution in [0, 0.1) is 23.7 Å². The number of likely N-dealkylation sites (N-methyl/N-ethyl adjacent to an activating group) is 1. The predicted molar refractivity (Wildman–Crippen MR) is 265 cm³/mol. The summed E-state index contributed by atoms with van der Waals surface area (Å²) >= 11 is 0. The van der Waals surface area contributed by atoms with Gasteiger partial charge in [-0.25, -0.2) is 5.48 Å². The largest absolute Gasteiger partial charge is 0.459 e. The quantitative estimate of drug-likeness (QED) is 0.0520. The van der Waals surface area contributed by atoms with Crippen LogP contribution in [0.3, 0.4) is 0 Å². The molecule has 6 N–H and O–H groups in total. The number of aliphatic hydroxyl groups excluding tert-OH is 3. The molecular weight excluding hydrogens is 947 g/mol. The molecular formula is C53H85N5O15. The zero-order valence-corrected chi connectivity index (χ0v) is 44.8. The Morgan fingerprint density at radius 2 is 1.62 bits per heavy atom. The Morgan fingerprint density at radius 1 is 0.932 bits per heavy atom. The van der Waals surface area contributed by atoms with Gasteiger partial charge in [-0.15, -0.1) is 5.10 Å². The second-order valence-corrected chi connectivity index (χ2v) is 22.1. The smallest absolute Gasteiger partial charge is 0.311 e. The molecule has 4 saturated heterocycles. The number of carbonyl (C=O) groups excluding carboxylic acids is 3. The molecule has 0 unspecified atom stereocenters. The van der Waals surface area contributed by atoms with Crippen molar-refractivity contribution in [2.75, 3.05) is 20.8 Å². The summed E-state index contributed by atoms with van der Waals surface area (Å²) in [7, 11) is 3.45. The van der Waals surface area contributed by atoms with Gasteiger partial charge in [0.25, 0.3) is 0 Å². The second kappa shape index (κ2) is 25.1. The highest BCUT2D eigenvalue weighted by Crippen LogP contribution is 2.45. The molecule has 5 heterocycles. The van der Waals surface area contributed by atoms with Crippen molar-refractivity contribution in [3.05, 3.63) is 36.0 Å². The number of benzene rings is 1. The monoisotopic (exact) mass is 1030 g/mol. The summed E-state index contributed by atoms with van der Waals surface area (Å²) < 4.78 is 46.9. The molecule has 20 nitrogen and oxygen atoms in total. The maximum absolute atomic E-state index is 14.4. The van der Waals surface area contributed by atoms with Gasteiger partial charge in [-0.3, -0.25) is 29.2 Å². The van der Waals surface area contributed by atoms with E-state index in [1.807, 2.05) is 63.0 Å². The van der Waals surface area contributed by atoms with E-state index in [-0.39, 0.29) is 43.7 Å². The number of carbonyl (C=O) groups is 3. The average molecular weight is 1030 g/mol. The van der Waals surface area contributed by atoms with E-state index in [0.29, 0.717) is 19.4 Å². The van der Waals surface area contributed by atoms with Crippen LogP contribution in [-0.4, -0.2) is 168 Å². The highest BCUT2D eigenvalue weighted by Gasteiger charge is 2.56. The number of aromatic nitrogens is 3. The molecule has 0 aliphatic carbocycles. The number of cyclic esters (lactones) is 1. The van der Waals surface area contributed by atoms with Gasteiger partial charge in [-0.1, -0.05) is 69.5 Å². The van der Waals surface area contributed by atoms with E-state index in [1.165, 1.54) is 14.0 Å². The molecule has 18 atom stereocenters. The second-order valence-electron chi connectivity index (χ2n) is 22.1. The Morgan fingerprint density at radius 3 is 2.29 bits per heavy atom. The lowest BCUT2D eigenvalue weighted by atomic mass is 9.75. The lowest BCUT2D eigenvalue weighted by Crippen LogP contribution is -2.61. The van der Waals surface area contributed by atoms with Crippen molar-refractivity contribution in [2.45, 2.75) is 224 Å². The number of aliphatic hydroxyl groups is 4. The molecule has 1 aromatic carbocycles. The lowest BCUT2D eigenvalue weighted by molar-refractivity contribution is -0.317. The van der Waals surface area contributed by atoms with Crippen LogP contribution in [0.1, 0.15) is 132 Å². The fourth-order valence-electron chi connectivity index (χ4n) is 11.6. The molecule has 0 radical (unpaired) electrons. The number of aryl methyl sites for hydroxylation is 1. The van der Waals surface area contributed by atoms with Gasteiger partial charge < -0.3 is 53.6 Å². The fraction of sp³-hybridized carbons (Fsp3) is 0.792. The van der Waals surface area contributed by atoms with Crippen molar-refractivity contribution in [1.29, 1.82) is 0 Å². The van der Waals surface area contributed by atoms with Crippen LogP contribution in [0.25, 0.3) is 11.3 Å². The van der Waals surface area contributed by atoms with Crippen molar-refractivity contribution < 1.29 is 73.2 Å². The molecule has 20 heteroatoms. The third-order valence-electron chi connectivity index (χ3n) is 16.3. The SMILES string of the molecule is CC[C@H]1OC(=O)[C@H](C)[C@@H](O[C@H]2C[C@@](C)(OC)[C@@H](O)[C@H](C)O2)[C@H](C)[C@@H](O[C@@H]2O[C@H](C)C[C@H](N(C)Cc3ccc(-c4cn(CCCCCCCC(=O)NO)nn4)cc3)[C@H]2O)[C@@]2(C)C[C@@H](CO2)C(=O)[C@H](C)[C@@H](O)[C@]1(C)O. The fourth-order valence-corrected chi connectivity index (χ4v) is 11.6. The summed E-state index contributed by atoms with van der Waals surface area (Å²) in [4.78, 5) is 42.0. The number of hydrogen-bond donors (Lipinski definition) is 6.